The Balaban J connectivity index is 1.49. The number of nitrogens with one attached hydrogen (secondary N) is 1. The number of carbonyl (C=O) groups is 1. The topological polar surface area (TPSA) is 50.8 Å². The van der Waals surface area contributed by atoms with Crippen LogP contribution in [0.3, 0.4) is 0 Å². The van der Waals surface area contributed by atoms with E-state index in [-0.39, 0.29) is 18.5 Å². The van der Waals surface area contributed by atoms with Gasteiger partial charge >= 0.3 is 0 Å². The normalized spacial score (nSPS) is 13.5. The van der Waals surface area contributed by atoms with E-state index in [1.54, 1.807) is 14.2 Å². The SMILES string of the molecule is COc1ccc(C[C@H](NCC(=O)N2CCc3ccccc32)c2ccc(OC)cc2)cc1. The second-order valence-electron chi connectivity index (χ2n) is 7.68. The molecule has 160 valence electrons. The number of ether oxygens (including phenoxy) is 2. The van der Waals surface area contributed by atoms with Crippen LogP contribution in [-0.2, 0) is 17.6 Å². The second-order valence-corrected chi connectivity index (χ2v) is 7.68. The van der Waals surface area contributed by atoms with Gasteiger partial charge in [-0.2, -0.15) is 0 Å². The molecule has 0 unspecified atom stereocenters. The third-order valence-electron chi connectivity index (χ3n) is 5.80. The first-order valence-electron chi connectivity index (χ1n) is 10.6. The van der Waals surface area contributed by atoms with Gasteiger partial charge in [-0.25, -0.2) is 0 Å². The number of carbonyl (C=O) groups excluding carboxylic acids is 1. The predicted molar refractivity (Wildman–Crippen MR) is 123 cm³/mol. The monoisotopic (exact) mass is 416 g/mol. The van der Waals surface area contributed by atoms with E-state index < -0.39 is 0 Å². The fourth-order valence-electron chi connectivity index (χ4n) is 4.04. The minimum Gasteiger partial charge on any atom is -0.497 e. The Morgan fingerprint density at radius 3 is 2.26 bits per heavy atom. The third-order valence-corrected chi connectivity index (χ3v) is 5.80. The highest BCUT2D eigenvalue weighted by molar-refractivity contribution is 5.96. The Morgan fingerprint density at radius 1 is 0.935 bits per heavy atom. The molecule has 0 aliphatic carbocycles. The van der Waals surface area contributed by atoms with Crippen LogP contribution in [0.25, 0.3) is 0 Å². The average molecular weight is 417 g/mol. The number of nitrogens with zero attached hydrogens (tertiary/aromatic N) is 1. The van der Waals surface area contributed by atoms with Crippen molar-refractivity contribution in [2.24, 2.45) is 0 Å². The lowest BCUT2D eigenvalue weighted by molar-refractivity contribution is -0.117. The zero-order valence-corrected chi connectivity index (χ0v) is 18.0. The van der Waals surface area contributed by atoms with Gasteiger partial charge in [0.1, 0.15) is 11.5 Å². The maximum atomic E-state index is 13.0. The van der Waals surface area contributed by atoms with Gasteiger partial charge in [-0.05, 0) is 59.9 Å². The van der Waals surface area contributed by atoms with Crippen LogP contribution in [0, 0.1) is 0 Å². The number of fused-ring (bicyclic) bond motifs is 1. The zero-order chi connectivity index (χ0) is 21.6. The first kappa shape index (κ1) is 20.9. The van der Waals surface area contributed by atoms with Crippen molar-refractivity contribution in [1.82, 2.24) is 5.32 Å². The molecule has 3 aromatic rings. The van der Waals surface area contributed by atoms with Gasteiger partial charge in [-0.3, -0.25) is 4.79 Å². The minimum absolute atomic E-state index is 0.00102. The van der Waals surface area contributed by atoms with E-state index in [9.17, 15) is 4.79 Å². The van der Waals surface area contributed by atoms with E-state index >= 15 is 0 Å². The molecule has 3 aromatic carbocycles. The summed E-state index contributed by atoms with van der Waals surface area (Å²) in [5, 5.41) is 3.49. The van der Waals surface area contributed by atoms with Gasteiger partial charge in [0, 0.05) is 18.3 Å². The van der Waals surface area contributed by atoms with Crippen molar-refractivity contribution < 1.29 is 14.3 Å². The number of anilines is 1. The first-order valence-corrected chi connectivity index (χ1v) is 10.6. The summed E-state index contributed by atoms with van der Waals surface area (Å²) in [5.41, 5.74) is 4.56. The largest absolute Gasteiger partial charge is 0.497 e. The Labute approximate surface area is 183 Å². The van der Waals surface area contributed by atoms with Gasteiger partial charge < -0.3 is 19.7 Å². The summed E-state index contributed by atoms with van der Waals surface area (Å²) >= 11 is 0. The van der Waals surface area contributed by atoms with Crippen LogP contribution in [0.4, 0.5) is 5.69 Å². The molecule has 0 fully saturated rings. The number of para-hydroxylation sites is 1. The van der Waals surface area contributed by atoms with E-state index in [1.807, 2.05) is 47.4 Å². The number of hydrogen-bond acceptors (Lipinski definition) is 4. The highest BCUT2D eigenvalue weighted by Crippen LogP contribution is 2.28. The second kappa shape index (κ2) is 9.67. The van der Waals surface area contributed by atoms with Crippen LogP contribution >= 0.6 is 0 Å². The van der Waals surface area contributed by atoms with E-state index in [1.165, 1.54) is 11.1 Å². The summed E-state index contributed by atoms with van der Waals surface area (Å²) in [6, 6.07) is 24.2. The number of amides is 1. The molecule has 0 saturated carbocycles. The molecule has 1 amide bonds. The van der Waals surface area contributed by atoms with Crippen molar-refractivity contribution in [3.05, 3.63) is 89.5 Å². The molecule has 4 rings (SSSR count). The molecule has 1 atom stereocenters. The number of rotatable bonds is 8. The summed E-state index contributed by atoms with van der Waals surface area (Å²) in [7, 11) is 3.33. The number of methoxy groups -OCH3 is 2. The lowest BCUT2D eigenvalue weighted by Gasteiger charge is -2.23. The van der Waals surface area contributed by atoms with Crippen molar-refractivity contribution in [2.45, 2.75) is 18.9 Å². The molecule has 0 radical (unpaired) electrons. The third kappa shape index (κ3) is 4.89. The van der Waals surface area contributed by atoms with Crippen LogP contribution in [0.1, 0.15) is 22.7 Å². The average Bonchev–Trinajstić information content (AvgIpc) is 3.26. The summed E-state index contributed by atoms with van der Waals surface area (Å²) in [6.45, 7) is 1.02. The molecule has 0 bridgehead atoms. The Morgan fingerprint density at radius 2 is 1.58 bits per heavy atom. The molecule has 0 aromatic heterocycles. The Bertz CT molecular complexity index is 1020. The van der Waals surface area contributed by atoms with Crippen molar-refractivity contribution in [2.75, 3.05) is 32.2 Å². The highest BCUT2D eigenvalue weighted by atomic mass is 16.5. The molecule has 1 N–H and O–H groups in total. The van der Waals surface area contributed by atoms with Crippen LogP contribution in [0.2, 0.25) is 0 Å². The van der Waals surface area contributed by atoms with E-state index in [2.05, 4.69) is 35.6 Å². The fraction of sp³-hybridized carbons (Fsp3) is 0.269. The summed E-state index contributed by atoms with van der Waals surface area (Å²) in [6.07, 6.45) is 1.68. The molecule has 1 heterocycles. The van der Waals surface area contributed by atoms with Crippen LogP contribution < -0.4 is 19.7 Å². The van der Waals surface area contributed by atoms with Crippen molar-refractivity contribution in [3.63, 3.8) is 0 Å². The maximum absolute atomic E-state index is 13.0. The van der Waals surface area contributed by atoms with Gasteiger partial charge in [0.25, 0.3) is 0 Å². The molecule has 1 aliphatic rings. The van der Waals surface area contributed by atoms with Gasteiger partial charge in [0.2, 0.25) is 5.91 Å². The molecule has 0 saturated heterocycles. The van der Waals surface area contributed by atoms with Gasteiger partial charge in [0.05, 0.1) is 20.8 Å². The fourth-order valence-corrected chi connectivity index (χ4v) is 4.04. The molecule has 5 nitrogen and oxygen atoms in total. The van der Waals surface area contributed by atoms with Gasteiger partial charge in [-0.15, -0.1) is 0 Å². The Hall–Kier alpha value is -3.31. The molecule has 1 aliphatic heterocycles. The van der Waals surface area contributed by atoms with E-state index in [0.29, 0.717) is 0 Å². The van der Waals surface area contributed by atoms with Gasteiger partial charge in [0.15, 0.2) is 0 Å². The quantitative estimate of drug-likeness (QED) is 0.599. The van der Waals surface area contributed by atoms with Crippen molar-refractivity contribution in [3.8, 4) is 11.5 Å². The molecule has 31 heavy (non-hydrogen) atoms. The van der Waals surface area contributed by atoms with Crippen LogP contribution in [-0.4, -0.2) is 33.2 Å². The molecule has 5 heteroatoms. The van der Waals surface area contributed by atoms with E-state index in [0.717, 1.165) is 42.1 Å². The summed E-state index contributed by atoms with van der Waals surface area (Å²) in [5.74, 6) is 1.75. The zero-order valence-electron chi connectivity index (χ0n) is 18.0. The predicted octanol–water partition coefficient (Wildman–Crippen LogP) is 4.17. The van der Waals surface area contributed by atoms with Crippen LogP contribution in [0.5, 0.6) is 11.5 Å². The standard InChI is InChI=1S/C26H28N2O3/c1-30-22-11-7-19(8-12-22)17-24(20-9-13-23(31-2)14-10-20)27-18-26(29)28-16-15-21-5-3-4-6-25(21)28/h3-14,24,27H,15-18H2,1-2H3/t24-/m0/s1. The lowest BCUT2D eigenvalue weighted by atomic mass is 9.98. The van der Waals surface area contributed by atoms with Crippen LogP contribution in [0.15, 0.2) is 72.8 Å². The number of hydrogen-bond donors (Lipinski definition) is 1. The highest BCUT2D eigenvalue weighted by Gasteiger charge is 2.24. The molecule has 0 spiro atoms. The van der Waals surface area contributed by atoms with Gasteiger partial charge in [-0.1, -0.05) is 42.5 Å². The first-order chi connectivity index (χ1) is 15.2. The molecular weight excluding hydrogens is 388 g/mol. The van der Waals surface area contributed by atoms with E-state index in [4.69, 9.17) is 9.47 Å². The van der Waals surface area contributed by atoms with Crippen molar-refractivity contribution in [1.29, 1.82) is 0 Å². The molecular formula is C26H28N2O3. The summed E-state index contributed by atoms with van der Waals surface area (Å²) in [4.78, 5) is 14.9. The van der Waals surface area contributed by atoms with Crippen molar-refractivity contribution >= 4 is 11.6 Å². The lowest BCUT2D eigenvalue weighted by Crippen LogP contribution is -2.39. The Kier molecular flexibility index (Phi) is 6.53. The number of benzene rings is 3. The maximum Gasteiger partial charge on any atom is 0.240 e. The minimum atomic E-state index is 0.00102. The smallest absolute Gasteiger partial charge is 0.240 e. The summed E-state index contributed by atoms with van der Waals surface area (Å²) < 4.78 is 10.6.